The van der Waals surface area contributed by atoms with E-state index in [4.69, 9.17) is 0 Å². The standard InChI is InChI=1S/C16H34NOS.C15H32NOS.C14H30NOS.C13H28NOS.C12H26NOS.C10H22NOS.C9H20NOS/c1-5-9-11-16(18)19-15-14-17(8-4,12-7-3)13-10-6-2;1-5-9-10-15(17)18-14-13-16(8-4,11-6-2)12-7-3;1-5-9-14(16)17-13-12-15(8-4,10-6-2)11-7-3;1-5-9-10-13(15)16-12-11-14(6-2,7-3)8-4;1-6-13(7-2,8-3)9-10-15-12(14)11(4)5;1-5-6-7-10(12)13-9-8-11(2,3)4;1-8(2)9(11)12-7-6-10(3,4)5/h5-15H2,1-4H3;5-14H2,1-4H3;5-13H2,1-4H3;5-12H2,1-4H3;11H,6-10H2,1-5H3;5-9H2,1-4H3;8H,6-7H2,1-5H3/q7*+1. The van der Waals surface area contributed by atoms with Crippen LogP contribution in [0.2, 0.25) is 0 Å². The molecule has 0 N–H and O–H groups in total. The predicted octanol–water partition coefficient (Wildman–Crippen LogP) is 22.1. The minimum Gasteiger partial charge on any atom is -0.330 e. The van der Waals surface area contributed by atoms with Crippen LogP contribution in [-0.4, -0.2) is 294 Å². The summed E-state index contributed by atoms with van der Waals surface area (Å²) in [6.07, 6.45) is 22.1. The lowest BCUT2D eigenvalue weighted by Gasteiger charge is -2.37. The van der Waals surface area contributed by atoms with Crippen LogP contribution < -0.4 is 0 Å². The molecule has 0 amide bonds. The van der Waals surface area contributed by atoms with E-state index >= 15 is 0 Å². The van der Waals surface area contributed by atoms with Crippen molar-refractivity contribution in [2.75, 3.05) is 227 Å². The highest BCUT2D eigenvalue weighted by Crippen LogP contribution is 2.21. The average Bonchev–Trinajstić information content (AvgIpc) is 0.477. The predicted molar refractivity (Wildman–Crippen MR) is 507 cm³/mol. The van der Waals surface area contributed by atoms with Gasteiger partial charge in [0.1, 0.15) is 0 Å². The summed E-state index contributed by atoms with van der Waals surface area (Å²) in [4.78, 5) is 80.2. The Morgan fingerprint density at radius 1 is 0.209 bits per heavy atom. The van der Waals surface area contributed by atoms with Crippen molar-refractivity contribution in [3.8, 4) is 0 Å². The average molecular weight is 1700 g/mol. The van der Waals surface area contributed by atoms with Gasteiger partial charge in [0, 0.05) is 43.9 Å². The Labute approximate surface area is 717 Å². The molecule has 0 aromatic carbocycles. The minimum atomic E-state index is 0.168. The zero-order chi connectivity index (χ0) is 86.0. The molecule has 0 saturated carbocycles. The van der Waals surface area contributed by atoms with Gasteiger partial charge in [-0.1, -0.05) is 218 Å². The van der Waals surface area contributed by atoms with Crippen LogP contribution in [0.15, 0.2) is 0 Å². The molecular weight excluding hydrogens is 1500 g/mol. The maximum atomic E-state index is 11.7. The Morgan fingerprint density at radius 2 is 0.400 bits per heavy atom. The number of hydrogen-bond donors (Lipinski definition) is 0. The van der Waals surface area contributed by atoms with E-state index in [-0.39, 0.29) is 11.8 Å². The molecule has 0 radical (unpaired) electrons. The molecule has 0 bridgehead atoms. The van der Waals surface area contributed by atoms with Crippen LogP contribution >= 0.6 is 82.3 Å². The van der Waals surface area contributed by atoms with E-state index < -0.39 is 0 Å². The molecule has 0 heterocycles. The van der Waals surface area contributed by atoms with Crippen molar-refractivity contribution in [2.24, 2.45) is 11.8 Å². The first kappa shape index (κ1) is 123. The van der Waals surface area contributed by atoms with Crippen LogP contribution in [0.25, 0.3) is 0 Å². The van der Waals surface area contributed by atoms with Crippen molar-refractivity contribution >= 4 is 118 Å². The largest absolute Gasteiger partial charge is 0.330 e. The molecule has 1 unspecified atom stereocenters. The highest BCUT2D eigenvalue weighted by Gasteiger charge is 2.28. The van der Waals surface area contributed by atoms with E-state index in [1.807, 2.05) is 27.7 Å². The molecule has 21 heteroatoms. The van der Waals surface area contributed by atoms with Crippen molar-refractivity contribution in [3.05, 3.63) is 0 Å². The normalized spacial score (nSPS) is 12.3. The summed E-state index contributed by atoms with van der Waals surface area (Å²) >= 11 is 10.6. The van der Waals surface area contributed by atoms with Gasteiger partial charge in [0.15, 0.2) is 35.8 Å². The minimum absolute atomic E-state index is 0.168. The van der Waals surface area contributed by atoms with Crippen LogP contribution in [-0.2, 0) is 33.6 Å². The van der Waals surface area contributed by atoms with E-state index in [2.05, 4.69) is 181 Å². The lowest BCUT2D eigenvalue weighted by Crippen LogP contribution is -2.50. The molecule has 1 atom stereocenters. The van der Waals surface area contributed by atoms with Crippen LogP contribution in [0.3, 0.4) is 0 Å². The van der Waals surface area contributed by atoms with Crippen molar-refractivity contribution in [1.29, 1.82) is 0 Å². The number of carbonyl (C=O) groups is 7. The van der Waals surface area contributed by atoms with Crippen molar-refractivity contribution in [2.45, 2.75) is 301 Å². The topological polar surface area (TPSA) is 119 Å². The van der Waals surface area contributed by atoms with Gasteiger partial charge in [0.05, 0.1) is 227 Å². The molecule has 14 nitrogen and oxygen atoms in total. The molecule has 110 heavy (non-hydrogen) atoms. The van der Waals surface area contributed by atoms with Crippen molar-refractivity contribution < 1.29 is 64.9 Å². The molecule has 0 rings (SSSR count). The maximum Gasteiger partial charge on any atom is 0.191 e. The Bertz CT molecular complexity index is 2130. The quantitative estimate of drug-likeness (QED) is 0.0537. The number of nitrogens with zero attached hydrogens (tertiary/aromatic N) is 7. The summed E-state index contributed by atoms with van der Waals surface area (Å²) in [6, 6.07) is 0. The zero-order valence-electron chi connectivity index (χ0n) is 78.9. The fraction of sp³-hybridized carbons (Fsp3) is 0.921. The highest BCUT2D eigenvalue weighted by atomic mass is 32.2. The molecule has 0 aromatic rings. The van der Waals surface area contributed by atoms with Gasteiger partial charge in [-0.15, -0.1) is 0 Å². The highest BCUT2D eigenvalue weighted by molar-refractivity contribution is 8.15. The molecule has 0 aliphatic heterocycles. The zero-order valence-corrected chi connectivity index (χ0v) is 84.6. The molecule has 0 spiro atoms. The summed E-state index contributed by atoms with van der Waals surface area (Å²) in [7, 11) is 12.9. The lowest BCUT2D eigenvalue weighted by molar-refractivity contribution is -0.924. The summed E-state index contributed by atoms with van der Waals surface area (Å²) < 4.78 is 7.75. The molecule has 0 aliphatic rings. The third-order valence-corrected chi connectivity index (χ3v) is 27.9. The van der Waals surface area contributed by atoms with Gasteiger partial charge in [-0.25, -0.2) is 0 Å². The summed E-state index contributed by atoms with van der Waals surface area (Å²) in [5.74, 6) is 7.16. The fourth-order valence-corrected chi connectivity index (χ4v) is 19.8. The summed E-state index contributed by atoms with van der Waals surface area (Å²) in [6.45, 7) is 78.4. The molecule has 0 saturated heterocycles. The van der Waals surface area contributed by atoms with Crippen molar-refractivity contribution in [3.63, 3.8) is 0 Å². The summed E-state index contributed by atoms with van der Waals surface area (Å²) in [5, 5.41) is 2.52. The van der Waals surface area contributed by atoms with E-state index in [1.165, 1.54) is 204 Å². The molecule has 0 fully saturated rings. The van der Waals surface area contributed by atoms with Crippen LogP contribution in [0, 0.1) is 11.8 Å². The monoisotopic (exact) mass is 1700 g/mol. The van der Waals surface area contributed by atoms with E-state index in [0.29, 0.717) is 35.8 Å². The Hall–Kier alpha value is -0.140. The Kier molecular flexibility index (Phi) is 89.4. The van der Waals surface area contributed by atoms with Crippen LogP contribution in [0.1, 0.15) is 301 Å². The molecule has 660 valence electrons. The first-order valence-electron chi connectivity index (χ1n) is 44.8. The van der Waals surface area contributed by atoms with E-state index in [1.54, 1.807) is 35.3 Å². The molecular formula is C89H192N7O7S7+7. The van der Waals surface area contributed by atoms with Gasteiger partial charge in [-0.3, -0.25) is 33.6 Å². The van der Waals surface area contributed by atoms with Gasteiger partial charge in [-0.05, 0) is 133 Å². The lowest BCUT2D eigenvalue weighted by atomic mass is 10.2. The number of thioether (sulfide) groups is 7. The molecule has 0 aliphatic carbocycles. The third kappa shape index (κ3) is 75.3. The Morgan fingerprint density at radius 3 is 0.591 bits per heavy atom. The second-order valence-corrected chi connectivity index (χ2v) is 40.8. The fourth-order valence-electron chi connectivity index (χ4n) is 12.4. The number of rotatable bonds is 59. The van der Waals surface area contributed by atoms with Crippen molar-refractivity contribution in [1.82, 2.24) is 0 Å². The first-order valence-corrected chi connectivity index (χ1v) is 51.7. The van der Waals surface area contributed by atoms with Gasteiger partial charge >= 0.3 is 0 Å². The van der Waals surface area contributed by atoms with Gasteiger partial charge < -0.3 is 31.4 Å². The first-order chi connectivity index (χ1) is 51.8. The smallest absolute Gasteiger partial charge is 0.191 e. The maximum absolute atomic E-state index is 11.7. The third-order valence-electron chi connectivity index (χ3n) is 21.0. The van der Waals surface area contributed by atoms with Crippen LogP contribution in [0.5, 0.6) is 0 Å². The molecule has 0 aromatic heterocycles. The second kappa shape index (κ2) is 79.9. The van der Waals surface area contributed by atoms with E-state index in [0.717, 1.165) is 194 Å². The van der Waals surface area contributed by atoms with E-state index in [9.17, 15) is 33.6 Å². The van der Waals surface area contributed by atoms with Crippen LogP contribution in [0.4, 0.5) is 0 Å². The second-order valence-electron chi connectivity index (χ2n) is 32.8. The number of hydrogen-bond acceptors (Lipinski definition) is 14. The number of carbonyl (C=O) groups excluding carboxylic acids is 7. The van der Waals surface area contributed by atoms with Gasteiger partial charge in [0.2, 0.25) is 0 Å². The number of quaternary nitrogens is 7. The summed E-state index contributed by atoms with van der Waals surface area (Å²) in [5.41, 5.74) is 0. The van der Waals surface area contributed by atoms with Gasteiger partial charge in [-0.2, -0.15) is 0 Å². The van der Waals surface area contributed by atoms with Gasteiger partial charge in [0.25, 0.3) is 0 Å². The Balaban J connectivity index is -0.000000226. The number of unbranched alkanes of at least 4 members (excludes halogenated alkanes) is 5. The SMILES string of the molecule is CC(C)C(=O)SCC[N+](C)(C)C.CCCC(=O)SCC[N+](CC)(CCC)CCC.CCCCC(=O)SCC[N+](C)(C)C.CCCCC(=O)SCC[N+](CC)(CC)CC.CCCCC(=O)SCC[N+](CC)(CCC)CCC.CCCCC(=O)SCC[N+](CC)(CCC)CCCC.CC[N+](CC)(CC)CCSC(=O)C(C)C.